The van der Waals surface area contributed by atoms with Crippen LogP contribution in [0.25, 0.3) is 0 Å². The largest absolute Gasteiger partial charge is 0.385 e. The number of rotatable bonds is 7. The highest BCUT2D eigenvalue weighted by Crippen LogP contribution is 2.18. The maximum absolute atomic E-state index is 12.3. The van der Waals surface area contributed by atoms with Crippen molar-refractivity contribution in [3.63, 3.8) is 0 Å². The minimum Gasteiger partial charge on any atom is -0.385 e. The third kappa shape index (κ3) is 5.46. The van der Waals surface area contributed by atoms with E-state index in [1.165, 1.54) is 12.8 Å². The van der Waals surface area contributed by atoms with E-state index in [-0.39, 0.29) is 17.9 Å². The first-order chi connectivity index (χ1) is 11.1. The van der Waals surface area contributed by atoms with Crippen LogP contribution in [0, 0.1) is 0 Å². The molecule has 0 spiro atoms. The Morgan fingerprint density at radius 3 is 2.43 bits per heavy atom. The minimum atomic E-state index is -0.110. The quantitative estimate of drug-likeness (QED) is 0.710. The summed E-state index contributed by atoms with van der Waals surface area (Å²) in [5, 5.41) is 3.17. The van der Waals surface area contributed by atoms with Gasteiger partial charge in [-0.15, -0.1) is 0 Å². The van der Waals surface area contributed by atoms with Crippen LogP contribution >= 0.6 is 0 Å². The summed E-state index contributed by atoms with van der Waals surface area (Å²) in [5.74, 6) is 0.335. The van der Waals surface area contributed by atoms with Crippen LogP contribution in [0.4, 0.5) is 0 Å². The van der Waals surface area contributed by atoms with Gasteiger partial charge >= 0.3 is 0 Å². The van der Waals surface area contributed by atoms with E-state index in [1.54, 1.807) is 7.11 Å². The van der Waals surface area contributed by atoms with Crippen LogP contribution in [0.1, 0.15) is 45.4 Å². The highest BCUT2D eigenvalue weighted by atomic mass is 16.5. The van der Waals surface area contributed by atoms with Gasteiger partial charge in [-0.2, -0.15) is 0 Å². The second-order valence-corrected chi connectivity index (χ2v) is 6.68. The summed E-state index contributed by atoms with van der Waals surface area (Å²) < 4.78 is 4.99. The number of hydrogen-bond acceptors (Lipinski definition) is 4. The SMILES string of the molecule is COCCCC(=O)N1CCN(C(C)C(=O)NC2CCCC2)CC1. The third-order valence-corrected chi connectivity index (χ3v) is 5.03. The van der Waals surface area contributed by atoms with Gasteiger partial charge in [0.25, 0.3) is 0 Å². The molecule has 1 saturated carbocycles. The summed E-state index contributed by atoms with van der Waals surface area (Å²) in [6, 6.07) is 0.259. The summed E-state index contributed by atoms with van der Waals surface area (Å²) in [6.45, 7) is 5.58. The predicted octanol–water partition coefficient (Wildman–Crippen LogP) is 1.00. The van der Waals surface area contributed by atoms with E-state index < -0.39 is 0 Å². The zero-order valence-electron chi connectivity index (χ0n) is 14.6. The van der Waals surface area contributed by atoms with Gasteiger partial charge in [-0.25, -0.2) is 0 Å². The van der Waals surface area contributed by atoms with Gasteiger partial charge in [0.15, 0.2) is 0 Å². The van der Waals surface area contributed by atoms with Gasteiger partial charge in [-0.3, -0.25) is 14.5 Å². The number of nitrogens with zero attached hydrogens (tertiary/aromatic N) is 2. The van der Waals surface area contributed by atoms with Crippen molar-refractivity contribution in [1.82, 2.24) is 15.1 Å². The highest BCUT2D eigenvalue weighted by molar-refractivity contribution is 5.81. The maximum atomic E-state index is 12.3. The molecule has 1 aliphatic carbocycles. The van der Waals surface area contributed by atoms with Crippen molar-refractivity contribution in [2.45, 2.75) is 57.5 Å². The molecule has 1 N–H and O–H groups in total. The van der Waals surface area contributed by atoms with Gasteiger partial charge in [0.2, 0.25) is 11.8 Å². The van der Waals surface area contributed by atoms with Crippen molar-refractivity contribution in [3.05, 3.63) is 0 Å². The Morgan fingerprint density at radius 2 is 1.83 bits per heavy atom. The third-order valence-electron chi connectivity index (χ3n) is 5.03. The summed E-state index contributed by atoms with van der Waals surface area (Å²) in [5.41, 5.74) is 0. The second-order valence-electron chi connectivity index (χ2n) is 6.68. The molecule has 132 valence electrons. The standard InChI is InChI=1S/C17H31N3O3/c1-14(17(22)18-15-6-3-4-7-15)19-9-11-20(12-10-19)16(21)8-5-13-23-2/h14-15H,3-13H2,1-2H3,(H,18,22). The fourth-order valence-electron chi connectivity index (χ4n) is 3.44. The van der Waals surface area contributed by atoms with Gasteiger partial charge in [-0.1, -0.05) is 12.8 Å². The first kappa shape index (κ1) is 18.2. The first-order valence-electron chi connectivity index (χ1n) is 8.93. The predicted molar refractivity (Wildman–Crippen MR) is 89.1 cm³/mol. The lowest BCUT2D eigenvalue weighted by molar-refractivity contribution is -0.134. The zero-order chi connectivity index (χ0) is 16.7. The molecule has 2 rings (SSSR count). The molecule has 2 aliphatic rings. The molecular weight excluding hydrogens is 294 g/mol. The van der Waals surface area contributed by atoms with Gasteiger partial charge in [-0.05, 0) is 26.2 Å². The van der Waals surface area contributed by atoms with Gasteiger partial charge in [0, 0.05) is 52.4 Å². The Balaban J connectivity index is 1.70. The van der Waals surface area contributed by atoms with Crippen LogP contribution in [0.15, 0.2) is 0 Å². The lowest BCUT2D eigenvalue weighted by Gasteiger charge is -2.37. The Hall–Kier alpha value is -1.14. The number of hydrogen-bond donors (Lipinski definition) is 1. The molecule has 0 aromatic heterocycles. The Kier molecular flexibility index (Phi) is 7.30. The van der Waals surface area contributed by atoms with E-state index in [4.69, 9.17) is 4.74 Å². The lowest BCUT2D eigenvalue weighted by Crippen LogP contribution is -2.55. The van der Waals surface area contributed by atoms with E-state index in [0.717, 1.165) is 32.4 Å². The summed E-state index contributed by atoms with van der Waals surface area (Å²) in [6.07, 6.45) is 6.00. The fourth-order valence-corrected chi connectivity index (χ4v) is 3.44. The van der Waals surface area contributed by atoms with E-state index >= 15 is 0 Å². The van der Waals surface area contributed by atoms with Crippen molar-refractivity contribution in [2.24, 2.45) is 0 Å². The fraction of sp³-hybridized carbons (Fsp3) is 0.882. The van der Waals surface area contributed by atoms with E-state index in [1.807, 2.05) is 11.8 Å². The second kappa shape index (κ2) is 9.23. The van der Waals surface area contributed by atoms with Crippen LogP contribution in [0.2, 0.25) is 0 Å². The smallest absolute Gasteiger partial charge is 0.237 e. The molecule has 2 amide bonds. The van der Waals surface area contributed by atoms with Crippen LogP contribution in [0.3, 0.4) is 0 Å². The van der Waals surface area contributed by atoms with Crippen LogP contribution in [-0.4, -0.2) is 73.6 Å². The molecule has 0 aromatic rings. The Bertz CT molecular complexity index is 389. The number of carbonyl (C=O) groups excluding carboxylic acids is 2. The number of ether oxygens (including phenoxy) is 1. The molecule has 0 bridgehead atoms. The molecule has 23 heavy (non-hydrogen) atoms. The van der Waals surface area contributed by atoms with Crippen LogP contribution in [0.5, 0.6) is 0 Å². The van der Waals surface area contributed by atoms with Gasteiger partial charge in [0.05, 0.1) is 6.04 Å². The van der Waals surface area contributed by atoms with Gasteiger partial charge < -0.3 is 15.0 Å². The van der Waals surface area contributed by atoms with E-state index in [0.29, 0.717) is 32.2 Å². The topological polar surface area (TPSA) is 61.9 Å². The molecule has 6 nitrogen and oxygen atoms in total. The van der Waals surface area contributed by atoms with Crippen LogP contribution < -0.4 is 5.32 Å². The number of methoxy groups -OCH3 is 1. The van der Waals surface area contributed by atoms with Crippen molar-refractivity contribution in [2.75, 3.05) is 39.9 Å². The van der Waals surface area contributed by atoms with Crippen molar-refractivity contribution < 1.29 is 14.3 Å². The molecule has 6 heteroatoms. The number of amides is 2. The minimum absolute atomic E-state index is 0.110. The highest BCUT2D eigenvalue weighted by Gasteiger charge is 2.28. The number of nitrogens with one attached hydrogen (secondary N) is 1. The zero-order valence-corrected chi connectivity index (χ0v) is 14.6. The lowest BCUT2D eigenvalue weighted by atomic mass is 10.1. The molecular formula is C17H31N3O3. The van der Waals surface area contributed by atoms with E-state index in [9.17, 15) is 9.59 Å². The molecule has 0 aromatic carbocycles. The summed E-state index contributed by atoms with van der Waals surface area (Å²) >= 11 is 0. The number of piperazine rings is 1. The molecule has 1 aliphatic heterocycles. The molecule has 1 saturated heterocycles. The Morgan fingerprint density at radius 1 is 1.17 bits per heavy atom. The molecule has 1 atom stereocenters. The normalized spacial score (nSPS) is 21.4. The van der Waals surface area contributed by atoms with Crippen LogP contribution in [-0.2, 0) is 14.3 Å². The van der Waals surface area contributed by atoms with E-state index in [2.05, 4.69) is 10.2 Å². The summed E-state index contributed by atoms with van der Waals surface area (Å²) in [7, 11) is 1.65. The summed E-state index contributed by atoms with van der Waals surface area (Å²) in [4.78, 5) is 28.5. The number of carbonyl (C=O) groups is 2. The maximum Gasteiger partial charge on any atom is 0.237 e. The monoisotopic (exact) mass is 325 g/mol. The Labute approximate surface area is 139 Å². The molecule has 0 radical (unpaired) electrons. The van der Waals surface area contributed by atoms with Crippen molar-refractivity contribution >= 4 is 11.8 Å². The van der Waals surface area contributed by atoms with Crippen molar-refractivity contribution in [3.8, 4) is 0 Å². The molecule has 1 unspecified atom stereocenters. The average Bonchev–Trinajstić information content (AvgIpc) is 3.07. The van der Waals surface area contributed by atoms with Crippen molar-refractivity contribution in [1.29, 1.82) is 0 Å². The first-order valence-corrected chi connectivity index (χ1v) is 8.93. The average molecular weight is 325 g/mol. The molecule has 2 fully saturated rings. The molecule has 1 heterocycles. The van der Waals surface area contributed by atoms with Gasteiger partial charge in [0.1, 0.15) is 0 Å².